The predicted molar refractivity (Wildman–Crippen MR) is 137 cm³/mol. The maximum absolute atomic E-state index is 13.0. The molecule has 6 nitrogen and oxygen atoms in total. The van der Waals surface area contributed by atoms with Crippen molar-refractivity contribution in [1.82, 2.24) is 4.98 Å². The number of anilines is 1. The number of pyridine rings is 1. The number of carbonyl (C=O) groups excluding carboxylic acids is 2. The lowest BCUT2D eigenvalue weighted by Crippen LogP contribution is -2.25. The standard InChI is InChI=1S/C28H27F3N2O4S/c1-2-38(36,37)22-12-6-19(7-13-22)17-26(34)33-25-16-14-23-24(32-25)15-9-20(27(23)35)8-3-18-4-10-21(11-5-18)28(29,30)31/h4-7,10-14,16,20H,2-3,8-9,15,17H2,1H3,(H,32,33,34). The van der Waals surface area contributed by atoms with Gasteiger partial charge in [-0.25, -0.2) is 13.4 Å². The summed E-state index contributed by atoms with van der Waals surface area (Å²) in [5, 5.41) is 2.72. The van der Waals surface area contributed by atoms with Gasteiger partial charge in [-0.1, -0.05) is 31.2 Å². The van der Waals surface area contributed by atoms with Gasteiger partial charge in [0, 0.05) is 11.5 Å². The Balaban J connectivity index is 1.34. The number of fused-ring (bicyclic) bond motifs is 1. The van der Waals surface area contributed by atoms with E-state index in [1.165, 1.54) is 24.3 Å². The highest BCUT2D eigenvalue weighted by atomic mass is 32.2. The molecule has 1 N–H and O–H groups in total. The molecule has 0 fully saturated rings. The van der Waals surface area contributed by atoms with Crippen LogP contribution in [0.15, 0.2) is 65.6 Å². The van der Waals surface area contributed by atoms with E-state index in [0.29, 0.717) is 48.3 Å². The first-order chi connectivity index (χ1) is 18.0. The lowest BCUT2D eigenvalue weighted by atomic mass is 9.82. The van der Waals surface area contributed by atoms with E-state index in [2.05, 4.69) is 10.3 Å². The number of carbonyl (C=O) groups is 2. The predicted octanol–water partition coefficient (Wildman–Crippen LogP) is 5.45. The molecule has 1 heterocycles. The molecule has 1 atom stereocenters. The summed E-state index contributed by atoms with van der Waals surface area (Å²) in [5.74, 6) is -0.286. The number of Topliss-reactive ketones (excluding diaryl/α,β-unsaturated/α-hetero) is 1. The highest BCUT2D eigenvalue weighted by Gasteiger charge is 2.31. The quantitative estimate of drug-likeness (QED) is 0.407. The third kappa shape index (κ3) is 6.48. The van der Waals surface area contributed by atoms with Crippen LogP contribution in [0.3, 0.4) is 0 Å². The fourth-order valence-electron chi connectivity index (χ4n) is 4.48. The van der Waals surface area contributed by atoms with Crippen molar-refractivity contribution in [2.45, 2.75) is 50.1 Å². The van der Waals surface area contributed by atoms with E-state index in [1.807, 2.05) is 0 Å². The Bertz CT molecular complexity index is 1430. The van der Waals surface area contributed by atoms with E-state index in [-0.39, 0.29) is 34.7 Å². The van der Waals surface area contributed by atoms with Crippen LogP contribution in [0.5, 0.6) is 0 Å². The molecular weight excluding hydrogens is 517 g/mol. The van der Waals surface area contributed by atoms with E-state index in [1.54, 1.807) is 31.2 Å². The molecule has 0 saturated heterocycles. The van der Waals surface area contributed by atoms with Crippen molar-refractivity contribution in [3.05, 3.63) is 88.6 Å². The number of nitrogens with one attached hydrogen (secondary N) is 1. The van der Waals surface area contributed by atoms with Gasteiger partial charge in [0.15, 0.2) is 15.6 Å². The number of ketones is 1. The molecule has 1 amide bonds. The van der Waals surface area contributed by atoms with Gasteiger partial charge in [-0.3, -0.25) is 9.59 Å². The van der Waals surface area contributed by atoms with E-state index in [4.69, 9.17) is 0 Å². The summed E-state index contributed by atoms with van der Waals surface area (Å²) in [4.78, 5) is 30.2. The molecule has 0 radical (unpaired) electrons. The van der Waals surface area contributed by atoms with Crippen LogP contribution in [0.2, 0.25) is 0 Å². The lowest BCUT2D eigenvalue weighted by molar-refractivity contribution is -0.137. The Kier molecular flexibility index (Phi) is 8.01. The number of aryl methyl sites for hydroxylation is 2. The van der Waals surface area contributed by atoms with Crippen LogP contribution >= 0.6 is 0 Å². The summed E-state index contributed by atoms with van der Waals surface area (Å²) in [6.07, 6.45) is -2.19. The summed E-state index contributed by atoms with van der Waals surface area (Å²) in [6.45, 7) is 1.57. The molecule has 4 rings (SSSR count). The van der Waals surface area contributed by atoms with Gasteiger partial charge < -0.3 is 5.32 Å². The van der Waals surface area contributed by atoms with Crippen molar-refractivity contribution in [3.8, 4) is 0 Å². The molecule has 1 aromatic heterocycles. The molecule has 2 aromatic carbocycles. The zero-order valence-electron chi connectivity index (χ0n) is 20.7. The molecular formula is C28H27F3N2O4S. The van der Waals surface area contributed by atoms with Crippen LogP contribution < -0.4 is 5.32 Å². The SMILES string of the molecule is CCS(=O)(=O)c1ccc(CC(=O)Nc2ccc3c(n2)CCC(CCc2ccc(C(F)(F)F)cc2)C3=O)cc1. The monoisotopic (exact) mass is 544 g/mol. The summed E-state index contributed by atoms with van der Waals surface area (Å²) in [7, 11) is -3.31. The van der Waals surface area contributed by atoms with Gasteiger partial charge >= 0.3 is 6.18 Å². The molecule has 3 aromatic rings. The van der Waals surface area contributed by atoms with Crippen LogP contribution in [-0.2, 0) is 40.1 Å². The normalized spacial score (nSPS) is 15.7. The van der Waals surface area contributed by atoms with Crippen molar-refractivity contribution < 1.29 is 31.2 Å². The molecule has 1 aliphatic carbocycles. The van der Waals surface area contributed by atoms with Crippen LogP contribution in [0.1, 0.15) is 52.5 Å². The van der Waals surface area contributed by atoms with Crippen LogP contribution in [0.4, 0.5) is 19.0 Å². The van der Waals surface area contributed by atoms with Gasteiger partial charge in [-0.15, -0.1) is 0 Å². The number of halogens is 3. The Hall–Kier alpha value is -3.53. The smallest absolute Gasteiger partial charge is 0.310 e. The third-order valence-corrected chi connectivity index (χ3v) is 8.45. The Morgan fingerprint density at radius 2 is 1.66 bits per heavy atom. The minimum Gasteiger partial charge on any atom is -0.310 e. The first kappa shape index (κ1) is 27.5. The van der Waals surface area contributed by atoms with Crippen LogP contribution in [-0.4, -0.2) is 30.8 Å². The highest BCUT2D eigenvalue weighted by molar-refractivity contribution is 7.91. The molecule has 200 valence electrons. The molecule has 0 spiro atoms. The number of hydrogen-bond donors (Lipinski definition) is 1. The Morgan fingerprint density at radius 1 is 1.00 bits per heavy atom. The summed E-state index contributed by atoms with van der Waals surface area (Å²) in [5.41, 5.74) is 1.81. The van der Waals surface area contributed by atoms with Crippen molar-refractivity contribution >= 4 is 27.3 Å². The van der Waals surface area contributed by atoms with Crippen molar-refractivity contribution in [1.29, 1.82) is 0 Å². The molecule has 0 aliphatic heterocycles. The molecule has 0 bridgehead atoms. The highest BCUT2D eigenvalue weighted by Crippen LogP contribution is 2.31. The van der Waals surface area contributed by atoms with Gasteiger partial charge in [0.25, 0.3) is 0 Å². The van der Waals surface area contributed by atoms with E-state index < -0.39 is 21.6 Å². The average Bonchev–Trinajstić information content (AvgIpc) is 2.88. The minimum absolute atomic E-state index is 0.000761. The second-order valence-electron chi connectivity index (χ2n) is 9.30. The Morgan fingerprint density at radius 3 is 2.29 bits per heavy atom. The number of alkyl halides is 3. The number of hydrogen-bond acceptors (Lipinski definition) is 5. The number of amides is 1. The number of aromatic nitrogens is 1. The molecule has 0 saturated carbocycles. The maximum atomic E-state index is 13.0. The second kappa shape index (κ2) is 11.1. The number of sulfone groups is 1. The Labute approximate surface area is 219 Å². The van der Waals surface area contributed by atoms with Crippen molar-refractivity contribution in [3.63, 3.8) is 0 Å². The van der Waals surface area contributed by atoms with E-state index in [9.17, 15) is 31.2 Å². The van der Waals surface area contributed by atoms with E-state index in [0.717, 1.165) is 17.7 Å². The van der Waals surface area contributed by atoms with Crippen molar-refractivity contribution in [2.24, 2.45) is 5.92 Å². The summed E-state index contributed by atoms with van der Waals surface area (Å²) < 4.78 is 62.1. The zero-order valence-corrected chi connectivity index (χ0v) is 21.5. The fourth-order valence-corrected chi connectivity index (χ4v) is 5.36. The summed E-state index contributed by atoms with van der Waals surface area (Å²) >= 11 is 0. The summed E-state index contributed by atoms with van der Waals surface area (Å²) in [6, 6.07) is 14.4. The first-order valence-electron chi connectivity index (χ1n) is 12.3. The number of benzene rings is 2. The van der Waals surface area contributed by atoms with Gasteiger partial charge in [0.05, 0.1) is 28.3 Å². The second-order valence-corrected chi connectivity index (χ2v) is 11.6. The maximum Gasteiger partial charge on any atom is 0.416 e. The largest absolute Gasteiger partial charge is 0.416 e. The van der Waals surface area contributed by atoms with E-state index >= 15 is 0 Å². The van der Waals surface area contributed by atoms with Crippen LogP contribution in [0, 0.1) is 5.92 Å². The average molecular weight is 545 g/mol. The van der Waals surface area contributed by atoms with Crippen molar-refractivity contribution in [2.75, 3.05) is 11.1 Å². The fraction of sp³-hybridized carbons (Fsp3) is 0.321. The van der Waals surface area contributed by atoms with Crippen LogP contribution in [0.25, 0.3) is 0 Å². The molecule has 1 aliphatic rings. The van der Waals surface area contributed by atoms with Gasteiger partial charge in [-0.05, 0) is 73.2 Å². The minimum atomic E-state index is -4.38. The molecule has 1 unspecified atom stereocenters. The third-order valence-electron chi connectivity index (χ3n) is 6.70. The number of nitrogens with zero attached hydrogens (tertiary/aromatic N) is 1. The first-order valence-corrected chi connectivity index (χ1v) is 13.9. The van der Waals surface area contributed by atoms with Gasteiger partial charge in [-0.2, -0.15) is 13.2 Å². The molecule has 38 heavy (non-hydrogen) atoms. The van der Waals surface area contributed by atoms with Gasteiger partial charge in [0.2, 0.25) is 5.91 Å². The topological polar surface area (TPSA) is 93.2 Å². The molecule has 10 heteroatoms. The lowest BCUT2D eigenvalue weighted by Gasteiger charge is -2.23. The number of rotatable bonds is 8. The zero-order chi connectivity index (χ0) is 27.5. The van der Waals surface area contributed by atoms with Gasteiger partial charge in [0.1, 0.15) is 5.82 Å².